The normalized spacial score (nSPS) is 22.9. The van der Waals surface area contributed by atoms with Gasteiger partial charge in [-0.3, -0.25) is 9.58 Å². The largest absolute Gasteiger partial charge is 0.297 e. The maximum absolute atomic E-state index is 13.5. The van der Waals surface area contributed by atoms with Crippen LogP contribution in [0.3, 0.4) is 0 Å². The van der Waals surface area contributed by atoms with Crippen LogP contribution in [0.1, 0.15) is 17.0 Å². The fraction of sp³-hybridized carbons (Fsp3) is 0.286. The Morgan fingerprint density at radius 1 is 1.14 bits per heavy atom. The average molecular weight is 397 g/mol. The van der Waals surface area contributed by atoms with Crippen molar-refractivity contribution in [3.8, 4) is 11.1 Å². The summed E-state index contributed by atoms with van der Waals surface area (Å²) < 4.78 is 41.3. The molecule has 5 nitrogen and oxygen atoms in total. The molecule has 2 aliphatic heterocycles. The second-order valence-electron chi connectivity index (χ2n) is 7.67. The van der Waals surface area contributed by atoms with Crippen LogP contribution >= 0.6 is 0 Å². The molecule has 144 valence electrons. The van der Waals surface area contributed by atoms with Crippen LogP contribution in [0.25, 0.3) is 11.1 Å². The molecule has 0 N–H and O–H groups in total. The van der Waals surface area contributed by atoms with Gasteiger partial charge in [0.05, 0.1) is 16.3 Å². The molecule has 0 bridgehead atoms. The van der Waals surface area contributed by atoms with E-state index in [0.29, 0.717) is 24.5 Å². The predicted molar refractivity (Wildman–Crippen MR) is 104 cm³/mol. The maximum Gasteiger partial charge on any atom is 0.183 e. The topological polar surface area (TPSA) is 55.2 Å². The number of rotatable bonds is 3. The average Bonchev–Trinajstić information content (AvgIpc) is 3.32. The van der Waals surface area contributed by atoms with E-state index in [4.69, 9.17) is 0 Å². The van der Waals surface area contributed by atoms with E-state index in [1.54, 1.807) is 23.0 Å². The van der Waals surface area contributed by atoms with Crippen LogP contribution in [-0.4, -0.2) is 41.4 Å². The molecule has 3 aromatic rings. The first-order valence-corrected chi connectivity index (χ1v) is 10.8. The maximum atomic E-state index is 13.5. The summed E-state index contributed by atoms with van der Waals surface area (Å²) in [6.45, 7) is 1.68. The number of nitrogens with zero attached hydrogens (tertiary/aromatic N) is 3. The Kier molecular flexibility index (Phi) is 3.93. The number of aromatic nitrogens is 2. The van der Waals surface area contributed by atoms with E-state index in [9.17, 15) is 12.8 Å². The quantitative estimate of drug-likeness (QED) is 0.682. The monoisotopic (exact) mass is 397 g/mol. The number of likely N-dealkylation sites (tertiary alicyclic amines) is 1. The standard InChI is InChI=1S/C21H20FN3O2S/c1-24-11-16(9-23-24)15-5-6-20-18(8-15)19-12-25(13-21(19)28(20,26)27)10-14-3-2-4-17(22)7-14/h2-9,11,19,21H,10,12-13H2,1H3/t19-,21-/m1/s1. The van der Waals surface area contributed by atoms with Gasteiger partial charge in [0.2, 0.25) is 0 Å². The van der Waals surface area contributed by atoms with Crippen molar-refractivity contribution in [2.75, 3.05) is 13.1 Å². The van der Waals surface area contributed by atoms with Crippen LogP contribution in [0.5, 0.6) is 0 Å². The van der Waals surface area contributed by atoms with Crippen LogP contribution < -0.4 is 0 Å². The van der Waals surface area contributed by atoms with Gasteiger partial charge in [-0.15, -0.1) is 0 Å². The molecule has 0 unspecified atom stereocenters. The molecule has 7 heteroatoms. The summed E-state index contributed by atoms with van der Waals surface area (Å²) in [5.74, 6) is -0.318. The smallest absolute Gasteiger partial charge is 0.183 e. The third-order valence-corrected chi connectivity index (χ3v) is 8.05. The zero-order valence-corrected chi connectivity index (χ0v) is 16.2. The first-order chi connectivity index (χ1) is 13.4. The Labute approximate surface area is 163 Å². The molecule has 2 aliphatic rings. The van der Waals surface area contributed by atoms with Crippen LogP contribution in [-0.2, 0) is 23.4 Å². The number of benzene rings is 2. The van der Waals surface area contributed by atoms with Crippen LogP contribution in [0.2, 0.25) is 0 Å². The van der Waals surface area contributed by atoms with E-state index in [2.05, 4.69) is 10.00 Å². The van der Waals surface area contributed by atoms with Crippen LogP contribution in [0.4, 0.5) is 4.39 Å². The third kappa shape index (κ3) is 2.77. The van der Waals surface area contributed by atoms with Gasteiger partial charge < -0.3 is 0 Å². The molecular formula is C21H20FN3O2S. The minimum Gasteiger partial charge on any atom is -0.297 e. The Balaban J connectivity index is 1.47. The SMILES string of the molecule is Cn1cc(-c2ccc3c(c2)[C@H]2CN(Cc4cccc(F)c4)C[C@H]2S3(=O)=O)cn1. The van der Waals surface area contributed by atoms with Gasteiger partial charge in [0.25, 0.3) is 0 Å². The van der Waals surface area contributed by atoms with E-state index in [1.807, 2.05) is 31.4 Å². The summed E-state index contributed by atoms with van der Waals surface area (Å²) >= 11 is 0. The van der Waals surface area contributed by atoms with Crippen molar-refractivity contribution in [1.82, 2.24) is 14.7 Å². The highest BCUT2D eigenvalue weighted by molar-refractivity contribution is 7.92. The van der Waals surface area contributed by atoms with Gasteiger partial charge in [0, 0.05) is 44.4 Å². The molecule has 0 aliphatic carbocycles. The van der Waals surface area contributed by atoms with Gasteiger partial charge >= 0.3 is 0 Å². The van der Waals surface area contributed by atoms with Crippen molar-refractivity contribution >= 4 is 9.84 Å². The predicted octanol–water partition coefficient (Wildman–Crippen LogP) is 2.98. The summed E-state index contributed by atoms with van der Waals surface area (Å²) in [6, 6.07) is 12.1. The fourth-order valence-corrected chi connectivity index (χ4v) is 6.69. The Bertz CT molecular complexity index is 1170. The molecule has 1 saturated heterocycles. The van der Waals surface area contributed by atoms with E-state index >= 15 is 0 Å². The van der Waals surface area contributed by atoms with Crippen molar-refractivity contribution in [1.29, 1.82) is 0 Å². The molecule has 2 atom stereocenters. The molecule has 1 aromatic heterocycles. The summed E-state index contributed by atoms with van der Waals surface area (Å²) in [5, 5.41) is 3.78. The zero-order chi connectivity index (χ0) is 19.5. The summed E-state index contributed by atoms with van der Waals surface area (Å²) in [6.07, 6.45) is 3.71. The molecule has 0 amide bonds. The lowest BCUT2D eigenvalue weighted by Gasteiger charge is -2.17. The van der Waals surface area contributed by atoms with E-state index in [0.717, 1.165) is 22.3 Å². The minimum absolute atomic E-state index is 0.0508. The summed E-state index contributed by atoms with van der Waals surface area (Å²) in [4.78, 5) is 2.57. The van der Waals surface area contributed by atoms with Crippen molar-refractivity contribution in [3.05, 3.63) is 71.8 Å². The lowest BCUT2D eigenvalue weighted by atomic mass is 9.95. The van der Waals surface area contributed by atoms with Gasteiger partial charge in [0.15, 0.2) is 9.84 Å². The number of aryl methyl sites for hydroxylation is 1. The second kappa shape index (κ2) is 6.25. The second-order valence-corrected chi connectivity index (χ2v) is 9.80. The zero-order valence-electron chi connectivity index (χ0n) is 15.4. The van der Waals surface area contributed by atoms with E-state index in [-0.39, 0.29) is 11.7 Å². The summed E-state index contributed by atoms with van der Waals surface area (Å²) in [7, 11) is -1.49. The van der Waals surface area contributed by atoms with Gasteiger partial charge in [-0.1, -0.05) is 18.2 Å². The Morgan fingerprint density at radius 2 is 2.00 bits per heavy atom. The van der Waals surface area contributed by atoms with Gasteiger partial charge in [-0.05, 0) is 41.0 Å². The molecule has 5 rings (SSSR count). The van der Waals surface area contributed by atoms with Crippen molar-refractivity contribution in [2.45, 2.75) is 22.6 Å². The molecule has 1 fully saturated rings. The number of halogens is 1. The van der Waals surface area contributed by atoms with Gasteiger partial charge in [0.1, 0.15) is 5.82 Å². The highest BCUT2D eigenvalue weighted by Crippen LogP contribution is 2.46. The number of hydrogen-bond donors (Lipinski definition) is 0. The molecule has 0 spiro atoms. The minimum atomic E-state index is -3.35. The van der Waals surface area contributed by atoms with Gasteiger partial charge in [-0.2, -0.15) is 5.10 Å². The van der Waals surface area contributed by atoms with Crippen molar-refractivity contribution < 1.29 is 12.8 Å². The number of sulfone groups is 1. The Hall–Kier alpha value is -2.51. The highest BCUT2D eigenvalue weighted by Gasteiger charge is 2.50. The molecule has 3 heterocycles. The van der Waals surface area contributed by atoms with Crippen molar-refractivity contribution in [2.24, 2.45) is 7.05 Å². The van der Waals surface area contributed by atoms with Crippen LogP contribution in [0, 0.1) is 5.82 Å². The highest BCUT2D eigenvalue weighted by atomic mass is 32.2. The van der Waals surface area contributed by atoms with Crippen LogP contribution in [0.15, 0.2) is 59.8 Å². The molecular weight excluding hydrogens is 377 g/mol. The van der Waals surface area contributed by atoms with Crippen molar-refractivity contribution in [3.63, 3.8) is 0 Å². The molecule has 28 heavy (non-hydrogen) atoms. The third-order valence-electron chi connectivity index (χ3n) is 5.79. The van der Waals surface area contributed by atoms with E-state index in [1.165, 1.54) is 12.1 Å². The molecule has 2 aromatic carbocycles. The molecule has 0 saturated carbocycles. The first kappa shape index (κ1) is 17.6. The van der Waals surface area contributed by atoms with Gasteiger partial charge in [-0.25, -0.2) is 12.8 Å². The fourth-order valence-electron chi connectivity index (χ4n) is 4.50. The lowest BCUT2D eigenvalue weighted by molar-refractivity contribution is 0.325. The number of hydrogen-bond acceptors (Lipinski definition) is 4. The lowest BCUT2D eigenvalue weighted by Crippen LogP contribution is -2.25. The van der Waals surface area contributed by atoms with E-state index < -0.39 is 15.1 Å². The summed E-state index contributed by atoms with van der Waals surface area (Å²) in [5.41, 5.74) is 3.71. The Morgan fingerprint density at radius 3 is 2.75 bits per heavy atom. The molecule has 0 radical (unpaired) electrons. The number of fused-ring (bicyclic) bond motifs is 3. The first-order valence-electron chi connectivity index (χ1n) is 9.25.